The molecule has 0 amide bonds. The van der Waals surface area contributed by atoms with Crippen LogP contribution in [0.15, 0.2) is 0 Å². The van der Waals surface area contributed by atoms with Crippen LogP contribution in [0, 0.1) is 34.5 Å². The van der Waals surface area contributed by atoms with Gasteiger partial charge in [0.15, 0.2) is 0 Å². The van der Waals surface area contributed by atoms with E-state index in [-0.39, 0.29) is 28.8 Å². The van der Waals surface area contributed by atoms with E-state index in [9.17, 15) is 9.59 Å². The van der Waals surface area contributed by atoms with Crippen molar-refractivity contribution >= 4 is 11.8 Å². The van der Waals surface area contributed by atoms with E-state index in [0.717, 1.165) is 25.2 Å². The second kappa shape index (κ2) is 5.07. The average Bonchev–Trinajstić information content (AvgIpc) is 2.85. The lowest BCUT2D eigenvalue weighted by atomic mass is 9.47. The fourth-order valence-corrected chi connectivity index (χ4v) is 7.22. The summed E-state index contributed by atoms with van der Waals surface area (Å²) in [5.41, 5.74) is 0.397. The molecule has 0 bridgehead atoms. The van der Waals surface area contributed by atoms with Crippen LogP contribution in [0.2, 0.25) is 0 Å². The van der Waals surface area contributed by atoms with Crippen LogP contribution < -0.4 is 0 Å². The molecule has 3 aliphatic carbocycles. The number of fused-ring (bicyclic) bond motifs is 5. The van der Waals surface area contributed by atoms with Crippen molar-refractivity contribution in [1.29, 1.82) is 0 Å². The maximum atomic E-state index is 12.1. The molecule has 5 unspecified atom stereocenters. The Kier molecular flexibility index (Phi) is 3.45. The Morgan fingerprint density at radius 1 is 1.00 bits per heavy atom. The molecule has 4 aliphatic rings. The molecule has 0 aromatic heterocycles. The van der Waals surface area contributed by atoms with Crippen molar-refractivity contribution in [2.24, 2.45) is 34.5 Å². The lowest BCUT2D eigenvalue weighted by Gasteiger charge is -2.59. The molecule has 0 aromatic rings. The molecule has 0 spiro atoms. The molecule has 0 aromatic carbocycles. The predicted octanol–water partition coefficient (Wildman–Crippen LogP) is 4.14. The molecule has 0 N–H and O–H groups in total. The van der Waals surface area contributed by atoms with Gasteiger partial charge in [-0.25, -0.2) is 0 Å². The summed E-state index contributed by atoms with van der Waals surface area (Å²) in [6.45, 7) is 6.56. The number of hydrogen-bond donors (Lipinski definition) is 0. The van der Waals surface area contributed by atoms with E-state index in [4.69, 9.17) is 4.74 Å². The van der Waals surface area contributed by atoms with Crippen molar-refractivity contribution < 1.29 is 14.3 Å². The molecule has 3 heteroatoms. The van der Waals surface area contributed by atoms with Crippen LogP contribution in [0.1, 0.15) is 72.1 Å². The first kappa shape index (κ1) is 15.7. The van der Waals surface area contributed by atoms with Crippen molar-refractivity contribution in [2.75, 3.05) is 0 Å². The number of hydrogen-bond acceptors (Lipinski definition) is 3. The molecule has 0 radical (unpaired) electrons. The molecule has 4 rings (SSSR count). The van der Waals surface area contributed by atoms with Gasteiger partial charge in [0, 0.05) is 17.8 Å². The summed E-state index contributed by atoms with van der Waals surface area (Å²) in [6, 6.07) is 0. The third-order valence-electron chi connectivity index (χ3n) is 8.41. The number of rotatable bonds is 1. The van der Waals surface area contributed by atoms with Crippen molar-refractivity contribution in [1.82, 2.24) is 0 Å². The molecule has 4 fully saturated rings. The number of esters is 1. The SMILES string of the molecule is CC(=O)C1CCC2C3CCC4OC(=O)CC[C@]4(C)C3CC[C@]12C. The maximum absolute atomic E-state index is 12.1. The van der Waals surface area contributed by atoms with Crippen LogP contribution in [0.5, 0.6) is 0 Å². The fraction of sp³-hybridized carbons (Fsp3) is 0.900. The van der Waals surface area contributed by atoms with Gasteiger partial charge in [0.1, 0.15) is 11.9 Å². The second-order valence-corrected chi connectivity index (χ2v) is 9.22. The molecule has 3 saturated carbocycles. The normalized spacial score (nSPS) is 52.1. The summed E-state index contributed by atoms with van der Waals surface area (Å²) in [7, 11) is 0. The zero-order chi connectivity index (χ0) is 16.4. The van der Waals surface area contributed by atoms with Crippen LogP contribution in [-0.2, 0) is 14.3 Å². The zero-order valence-electron chi connectivity index (χ0n) is 14.8. The molecule has 1 heterocycles. The summed E-state index contributed by atoms with van der Waals surface area (Å²) in [5.74, 6) is 2.80. The van der Waals surface area contributed by atoms with E-state index in [0.29, 0.717) is 24.0 Å². The summed E-state index contributed by atoms with van der Waals surface area (Å²) in [4.78, 5) is 23.8. The van der Waals surface area contributed by atoms with Crippen molar-refractivity contribution in [3.63, 3.8) is 0 Å². The van der Waals surface area contributed by atoms with E-state index < -0.39 is 0 Å². The zero-order valence-corrected chi connectivity index (χ0v) is 14.8. The number of ketones is 1. The second-order valence-electron chi connectivity index (χ2n) is 9.22. The first-order chi connectivity index (χ1) is 10.9. The lowest BCUT2D eigenvalue weighted by molar-refractivity contribution is -0.192. The monoisotopic (exact) mass is 318 g/mol. The Morgan fingerprint density at radius 3 is 2.48 bits per heavy atom. The molecular formula is C20H30O3. The Balaban J connectivity index is 1.63. The highest BCUT2D eigenvalue weighted by Gasteiger charge is 2.61. The third-order valence-corrected chi connectivity index (χ3v) is 8.41. The van der Waals surface area contributed by atoms with E-state index in [2.05, 4.69) is 13.8 Å². The Morgan fingerprint density at radius 2 is 1.74 bits per heavy atom. The average molecular weight is 318 g/mol. The van der Waals surface area contributed by atoms with E-state index in [1.165, 1.54) is 25.7 Å². The van der Waals surface area contributed by atoms with Crippen LogP contribution >= 0.6 is 0 Å². The van der Waals surface area contributed by atoms with Crippen molar-refractivity contribution in [3.05, 3.63) is 0 Å². The van der Waals surface area contributed by atoms with Gasteiger partial charge in [-0.2, -0.15) is 0 Å². The smallest absolute Gasteiger partial charge is 0.306 e. The standard InChI is InChI=1S/C20H30O3/c1-12(21)14-5-6-15-13-4-7-17-20(3,11-9-18(22)23-17)16(13)8-10-19(14,15)2/h13-17H,4-11H2,1-3H3/t13?,14?,15?,16?,17?,19-,20-/m1/s1. The van der Waals surface area contributed by atoms with E-state index >= 15 is 0 Å². The quantitative estimate of drug-likeness (QED) is 0.682. The highest BCUT2D eigenvalue weighted by molar-refractivity contribution is 5.79. The van der Waals surface area contributed by atoms with Gasteiger partial charge >= 0.3 is 5.97 Å². The molecule has 23 heavy (non-hydrogen) atoms. The minimum absolute atomic E-state index is 0.00378. The minimum atomic E-state index is 0.00378. The first-order valence-electron chi connectivity index (χ1n) is 9.56. The summed E-state index contributed by atoms with van der Waals surface area (Å²) >= 11 is 0. The number of carbonyl (C=O) groups excluding carboxylic acids is 2. The van der Waals surface area contributed by atoms with Crippen LogP contribution in [-0.4, -0.2) is 17.9 Å². The highest BCUT2D eigenvalue weighted by Crippen LogP contribution is 2.66. The van der Waals surface area contributed by atoms with Crippen molar-refractivity contribution in [2.45, 2.75) is 78.2 Å². The Labute approximate surface area is 139 Å². The Hall–Kier alpha value is -0.860. The van der Waals surface area contributed by atoms with Gasteiger partial charge in [0.25, 0.3) is 0 Å². The molecular weight excluding hydrogens is 288 g/mol. The third kappa shape index (κ3) is 2.07. The molecule has 7 atom stereocenters. The lowest BCUT2D eigenvalue weighted by Crippen LogP contribution is -2.56. The molecule has 3 nitrogen and oxygen atoms in total. The van der Waals surface area contributed by atoms with Gasteiger partial charge in [-0.15, -0.1) is 0 Å². The Bertz CT molecular complexity index is 541. The highest BCUT2D eigenvalue weighted by atomic mass is 16.5. The van der Waals surface area contributed by atoms with E-state index in [1.807, 2.05) is 0 Å². The summed E-state index contributed by atoms with van der Waals surface area (Å²) in [5, 5.41) is 0. The fourth-order valence-electron chi connectivity index (χ4n) is 7.22. The van der Waals surface area contributed by atoms with Crippen LogP contribution in [0.3, 0.4) is 0 Å². The number of carbonyl (C=O) groups is 2. The predicted molar refractivity (Wildman–Crippen MR) is 87.7 cm³/mol. The van der Waals surface area contributed by atoms with Gasteiger partial charge in [0.2, 0.25) is 0 Å². The number of Topliss-reactive ketones (excluding diaryl/α,β-unsaturated/α-hetero) is 1. The topological polar surface area (TPSA) is 43.4 Å². The molecule has 128 valence electrons. The van der Waals surface area contributed by atoms with Crippen molar-refractivity contribution in [3.8, 4) is 0 Å². The first-order valence-corrected chi connectivity index (χ1v) is 9.56. The van der Waals surface area contributed by atoms with Crippen LogP contribution in [0.4, 0.5) is 0 Å². The van der Waals surface area contributed by atoms with Gasteiger partial charge in [-0.05, 0) is 75.0 Å². The summed E-state index contributed by atoms with van der Waals surface area (Å²) < 4.78 is 5.75. The number of ether oxygens (including phenoxy) is 1. The van der Waals surface area contributed by atoms with E-state index in [1.54, 1.807) is 6.92 Å². The van der Waals surface area contributed by atoms with Gasteiger partial charge in [0.05, 0.1) is 0 Å². The van der Waals surface area contributed by atoms with Gasteiger partial charge < -0.3 is 4.74 Å². The largest absolute Gasteiger partial charge is 0.462 e. The van der Waals surface area contributed by atoms with Crippen LogP contribution in [0.25, 0.3) is 0 Å². The van der Waals surface area contributed by atoms with Gasteiger partial charge in [-0.3, -0.25) is 9.59 Å². The van der Waals surface area contributed by atoms with Gasteiger partial charge in [-0.1, -0.05) is 13.8 Å². The summed E-state index contributed by atoms with van der Waals surface area (Å²) in [6.07, 6.45) is 8.65. The maximum Gasteiger partial charge on any atom is 0.306 e. The molecule has 1 saturated heterocycles. The molecule has 1 aliphatic heterocycles. The minimum Gasteiger partial charge on any atom is -0.462 e.